The van der Waals surface area contributed by atoms with Crippen LogP contribution in [0.2, 0.25) is 5.15 Å². The predicted octanol–water partition coefficient (Wildman–Crippen LogP) is 2.02. The largest absolute Gasteiger partial charge is 0.376 e. The van der Waals surface area contributed by atoms with Crippen molar-refractivity contribution in [2.75, 3.05) is 11.9 Å². The Hall–Kier alpha value is -1.47. The molecular formula is C11H13ClN4O3. The van der Waals surface area contributed by atoms with Crippen molar-refractivity contribution in [3.63, 3.8) is 0 Å². The number of hydrogen-bond donors (Lipinski definition) is 1. The van der Waals surface area contributed by atoms with E-state index in [1.165, 1.54) is 6.33 Å². The van der Waals surface area contributed by atoms with Crippen LogP contribution in [0.1, 0.15) is 19.3 Å². The third kappa shape index (κ3) is 2.48. The van der Waals surface area contributed by atoms with Gasteiger partial charge in [0.2, 0.25) is 11.0 Å². The second-order valence-corrected chi connectivity index (χ2v) is 5.19. The standard InChI is InChI=1S/C11H13ClN4O3/c12-10-8(16(17)18)11(14-5-13-10)15-7-3-4-19-9(7)6-1-2-6/h5-7,9H,1-4H2,(H,13,14,15). The molecule has 2 fully saturated rings. The van der Waals surface area contributed by atoms with Gasteiger partial charge in [-0.05, 0) is 25.2 Å². The van der Waals surface area contributed by atoms with E-state index in [0.717, 1.165) is 19.3 Å². The second kappa shape index (κ2) is 4.90. The Labute approximate surface area is 114 Å². The van der Waals surface area contributed by atoms with Gasteiger partial charge in [0.05, 0.1) is 17.1 Å². The van der Waals surface area contributed by atoms with Crippen LogP contribution in [0.15, 0.2) is 6.33 Å². The predicted molar refractivity (Wildman–Crippen MR) is 68.2 cm³/mol. The van der Waals surface area contributed by atoms with Crippen molar-refractivity contribution >= 4 is 23.1 Å². The number of aromatic nitrogens is 2. The molecule has 19 heavy (non-hydrogen) atoms. The first-order chi connectivity index (χ1) is 9.16. The lowest BCUT2D eigenvalue weighted by molar-refractivity contribution is -0.384. The fraction of sp³-hybridized carbons (Fsp3) is 0.636. The lowest BCUT2D eigenvalue weighted by Gasteiger charge is -2.19. The monoisotopic (exact) mass is 284 g/mol. The highest BCUT2D eigenvalue weighted by molar-refractivity contribution is 6.31. The van der Waals surface area contributed by atoms with Gasteiger partial charge in [-0.15, -0.1) is 0 Å². The smallest absolute Gasteiger partial charge is 0.348 e. The van der Waals surface area contributed by atoms with Crippen LogP contribution in [0.3, 0.4) is 0 Å². The molecule has 2 aliphatic rings. The maximum absolute atomic E-state index is 11.0. The zero-order chi connectivity index (χ0) is 13.4. The van der Waals surface area contributed by atoms with E-state index >= 15 is 0 Å². The molecule has 0 bridgehead atoms. The number of anilines is 1. The minimum Gasteiger partial charge on any atom is -0.376 e. The van der Waals surface area contributed by atoms with Crippen molar-refractivity contribution in [2.24, 2.45) is 5.92 Å². The van der Waals surface area contributed by atoms with Gasteiger partial charge in [-0.1, -0.05) is 11.6 Å². The highest BCUT2D eigenvalue weighted by atomic mass is 35.5. The van der Waals surface area contributed by atoms with Crippen LogP contribution < -0.4 is 5.32 Å². The highest BCUT2D eigenvalue weighted by Gasteiger charge is 2.41. The molecule has 1 aliphatic carbocycles. The van der Waals surface area contributed by atoms with Gasteiger partial charge in [-0.25, -0.2) is 9.97 Å². The Bertz CT molecular complexity index is 509. The molecule has 0 aromatic carbocycles. The van der Waals surface area contributed by atoms with E-state index < -0.39 is 4.92 Å². The van der Waals surface area contributed by atoms with Crippen molar-refractivity contribution in [3.8, 4) is 0 Å². The maximum Gasteiger partial charge on any atom is 0.348 e. The summed E-state index contributed by atoms with van der Waals surface area (Å²) in [6.07, 6.45) is 4.48. The number of nitro groups is 1. The Balaban J connectivity index is 1.82. The topological polar surface area (TPSA) is 90.2 Å². The number of halogens is 1. The zero-order valence-corrected chi connectivity index (χ0v) is 10.8. The minimum atomic E-state index is -0.563. The SMILES string of the molecule is O=[N+]([O-])c1c(Cl)ncnc1NC1CCOC1C1CC1. The minimum absolute atomic E-state index is 0.0529. The van der Waals surface area contributed by atoms with Crippen LogP contribution in [0.4, 0.5) is 11.5 Å². The molecule has 1 N–H and O–H groups in total. The molecule has 7 nitrogen and oxygen atoms in total. The normalized spacial score (nSPS) is 26.4. The molecule has 8 heteroatoms. The number of nitrogens with zero attached hydrogens (tertiary/aromatic N) is 3. The van der Waals surface area contributed by atoms with Gasteiger partial charge in [0.1, 0.15) is 6.33 Å². The van der Waals surface area contributed by atoms with Gasteiger partial charge < -0.3 is 10.1 Å². The zero-order valence-electron chi connectivity index (χ0n) is 10.1. The number of ether oxygens (including phenoxy) is 1. The van der Waals surface area contributed by atoms with Crippen molar-refractivity contribution in [1.29, 1.82) is 0 Å². The van der Waals surface area contributed by atoms with E-state index in [1.807, 2.05) is 0 Å². The van der Waals surface area contributed by atoms with Gasteiger partial charge in [0.25, 0.3) is 0 Å². The van der Waals surface area contributed by atoms with Crippen LogP contribution in [-0.4, -0.2) is 33.6 Å². The third-order valence-corrected chi connectivity index (χ3v) is 3.78. The molecule has 1 saturated heterocycles. The van der Waals surface area contributed by atoms with Crippen LogP contribution in [0.5, 0.6) is 0 Å². The molecule has 2 atom stereocenters. The Morgan fingerprint density at radius 1 is 1.42 bits per heavy atom. The molecule has 102 valence electrons. The summed E-state index contributed by atoms with van der Waals surface area (Å²) in [7, 11) is 0. The van der Waals surface area contributed by atoms with E-state index in [4.69, 9.17) is 16.3 Å². The summed E-state index contributed by atoms with van der Waals surface area (Å²) in [5.74, 6) is 0.738. The first-order valence-corrected chi connectivity index (χ1v) is 6.57. The number of rotatable bonds is 4. The number of hydrogen-bond acceptors (Lipinski definition) is 6. The summed E-state index contributed by atoms with van der Waals surface area (Å²) >= 11 is 5.76. The van der Waals surface area contributed by atoms with E-state index in [0.29, 0.717) is 12.5 Å². The average Bonchev–Trinajstić information content (AvgIpc) is 3.10. The summed E-state index contributed by atoms with van der Waals surface area (Å²) < 4.78 is 5.68. The van der Waals surface area contributed by atoms with Crippen LogP contribution in [0, 0.1) is 16.0 Å². The fourth-order valence-electron chi connectivity index (χ4n) is 2.46. The van der Waals surface area contributed by atoms with Crippen LogP contribution in [-0.2, 0) is 4.74 Å². The van der Waals surface area contributed by atoms with E-state index in [1.54, 1.807) is 0 Å². The summed E-state index contributed by atoms with van der Waals surface area (Å²) in [5.41, 5.74) is -0.273. The van der Waals surface area contributed by atoms with Crippen molar-refractivity contribution in [3.05, 3.63) is 21.6 Å². The summed E-state index contributed by atoms with van der Waals surface area (Å²) in [5, 5.41) is 14.0. The fourth-order valence-corrected chi connectivity index (χ4v) is 2.66. The molecule has 1 aromatic heterocycles. The second-order valence-electron chi connectivity index (χ2n) is 4.83. The maximum atomic E-state index is 11.0. The lowest BCUT2D eigenvalue weighted by atomic mass is 10.1. The molecule has 0 amide bonds. The van der Waals surface area contributed by atoms with Gasteiger partial charge >= 0.3 is 5.69 Å². The van der Waals surface area contributed by atoms with Crippen molar-refractivity contribution in [1.82, 2.24) is 9.97 Å². The van der Waals surface area contributed by atoms with Gasteiger partial charge in [0.15, 0.2) is 0 Å². The molecule has 1 aromatic rings. The molecule has 2 heterocycles. The van der Waals surface area contributed by atoms with E-state index in [-0.39, 0.29) is 28.8 Å². The molecule has 0 radical (unpaired) electrons. The lowest BCUT2D eigenvalue weighted by Crippen LogP contribution is -2.31. The quantitative estimate of drug-likeness (QED) is 0.517. The first kappa shape index (κ1) is 12.6. The number of nitrogens with one attached hydrogen (secondary N) is 1. The van der Waals surface area contributed by atoms with Crippen molar-refractivity contribution < 1.29 is 9.66 Å². The van der Waals surface area contributed by atoms with Gasteiger partial charge in [-0.2, -0.15) is 0 Å². The van der Waals surface area contributed by atoms with Gasteiger partial charge in [-0.3, -0.25) is 10.1 Å². The van der Waals surface area contributed by atoms with E-state index in [2.05, 4.69) is 15.3 Å². The molecule has 3 rings (SSSR count). The van der Waals surface area contributed by atoms with Gasteiger partial charge in [0, 0.05) is 6.61 Å². The van der Waals surface area contributed by atoms with Crippen molar-refractivity contribution in [2.45, 2.75) is 31.4 Å². The Kier molecular flexibility index (Phi) is 3.24. The average molecular weight is 285 g/mol. The summed E-state index contributed by atoms with van der Waals surface area (Å²) in [6, 6.07) is 0.0529. The third-order valence-electron chi connectivity index (χ3n) is 3.50. The summed E-state index contributed by atoms with van der Waals surface area (Å²) in [4.78, 5) is 18.0. The van der Waals surface area contributed by atoms with Crippen LogP contribution in [0.25, 0.3) is 0 Å². The molecule has 1 saturated carbocycles. The Morgan fingerprint density at radius 2 is 2.21 bits per heavy atom. The molecule has 0 spiro atoms. The Morgan fingerprint density at radius 3 is 2.89 bits per heavy atom. The summed E-state index contributed by atoms with van der Waals surface area (Å²) in [6.45, 7) is 0.672. The molecule has 1 aliphatic heterocycles. The van der Waals surface area contributed by atoms with E-state index in [9.17, 15) is 10.1 Å². The highest BCUT2D eigenvalue weighted by Crippen LogP contribution is 2.40. The first-order valence-electron chi connectivity index (χ1n) is 6.20. The molecule has 2 unspecified atom stereocenters. The van der Waals surface area contributed by atoms with Crippen LogP contribution >= 0.6 is 11.6 Å². The molecular weight excluding hydrogens is 272 g/mol.